The monoisotopic (exact) mass is 272 g/mol. The first-order valence-electron chi connectivity index (χ1n) is 5.42. The van der Waals surface area contributed by atoms with Gasteiger partial charge in [-0.15, -0.1) is 0 Å². The minimum Gasteiger partial charge on any atom is -0.466 e. The second-order valence-corrected chi connectivity index (χ2v) is 4.90. The van der Waals surface area contributed by atoms with Gasteiger partial charge in [-0.05, 0) is 38.1 Å². The Morgan fingerprint density at radius 3 is 2.44 bits per heavy atom. The van der Waals surface area contributed by atoms with Crippen LogP contribution in [-0.4, -0.2) is 21.3 Å². The van der Waals surface area contributed by atoms with E-state index in [1.54, 1.807) is 6.92 Å². The van der Waals surface area contributed by atoms with E-state index < -0.39 is 16.4 Å². The standard InChI is InChI=1S/C12H16O5S/c1-4-15-10(3)17-18(13,14)12-8-6-11(7-9-12)16-5-2/h5-10H,2,4H2,1,3H3. The molecule has 18 heavy (non-hydrogen) atoms. The van der Waals surface area contributed by atoms with Crippen molar-refractivity contribution < 1.29 is 22.1 Å². The zero-order valence-electron chi connectivity index (χ0n) is 10.3. The average molecular weight is 272 g/mol. The second-order valence-electron chi connectivity index (χ2n) is 3.33. The number of ether oxygens (including phenoxy) is 2. The van der Waals surface area contributed by atoms with Crippen molar-refractivity contribution in [2.45, 2.75) is 25.0 Å². The second kappa shape index (κ2) is 6.53. The number of hydrogen-bond acceptors (Lipinski definition) is 5. The molecule has 1 aromatic carbocycles. The molecule has 0 bridgehead atoms. The summed E-state index contributed by atoms with van der Waals surface area (Å²) in [4.78, 5) is 0.0467. The Morgan fingerprint density at radius 2 is 1.94 bits per heavy atom. The fraction of sp³-hybridized carbons (Fsp3) is 0.333. The molecule has 0 saturated heterocycles. The van der Waals surface area contributed by atoms with Gasteiger partial charge in [-0.3, -0.25) is 0 Å². The normalized spacial score (nSPS) is 13.0. The fourth-order valence-electron chi connectivity index (χ4n) is 1.28. The van der Waals surface area contributed by atoms with Gasteiger partial charge in [-0.25, -0.2) is 4.18 Å². The van der Waals surface area contributed by atoms with Gasteiger partial charge in [0.25, 0.3) is 10.1 Å². The van der Waals surface area contributed by atoms with E-state index in [4.69, 9.17) is 13.7 Å². The van der Waals surface area contributed by atoms with Crippen molar-refractivity contribution in [1.29, 1.82) is 0 Å². The minimum absolute atomic E-state index is 0.0467. The number of rotatable bonds is 7. The van der Waals surface area contributed by atoms with Crippen LogP contribution in [0.25, 0.3) is 0 Å². The Balaban J connectivity index is 2.81. The SMILES string of the molecule is C=COc1ccc(S(=O)(=O)OC(C)OCC)cc1. The largest absolute Gasteiger partial charge is 0.466 e. The van der Waals surface area contributed by atoms with E-state index in [1.165, 1.54) is 37.5 Å². The highest BCUT2D eigenvalue weighted by atomic mass is 32.2. The number of hydrogen-bond donors (Lipinski definition) is 0. The number of benzene rings is 1. The molecule has 0 fully saturated rings. The zero-order chi connectivity index (χ0) is 13.6. The molecule has 0 aliphatic carbocycles. The minimum atomic E-state index is -3.82. The smallest absolute Gasteiger partial charge is 0.299 e. The van der Waals surface area contributed by atoms with E-state index >= 15 is 0 Å². The van der Waals surface area contributed by atoms with Crippen LogP contribution in [0, 0.1) is 0 Å². The Bertz CT molecular complexity index is 478. The lowest BCUT2D eigenvalue weighted by Crippen LogP contribution is -2.18. The Morgan fingerprint density at radius 1 is 1.33 bits per heavy atom. The highest BCUT2D eigenvalue weighted by Gasteiger charge is 2.19. The molecule has 1 aromatic rings. The maximum Gasteiger partial charge on any atom is 0.299 e. The molecule has 1 rings (SSSR count). The van der Waals surface area contributed by atoms with Gasteiger partial charge in [0.1, 0.15) is 5.75 Å². The van der Waals surface area contributed by atoms with Crippen LogP contribution in [0.5, 0.6) is 5.75 Å². The summed E-state index contributed by atoms with van der Waals surface area (Å²) in [5.41, 5.74) is 0. The molecule has 5 nitrogen and oxygen atoms in total. The van der Waals surface area contributed by atoms with Gasteiger partial charge in [0.05, 0.1) is 11.2 Å². The molecule has 0 aliphatic heterocycles. The average Bonchev–Trinajstić information content (AvgIpc) is 2.29. The van der Waals surface area contributed by atoms with E-state index in [-0.39, 0.29) is 4.90 Å². The summed E-state index contributed by atoms with van der Waals surface area (Å²) in [6, 6.07) is 5.83. The molecule has 0 spiro atoms. The van der Waals surface area contributed by atoms with E-state index in [2.05, 4.69) is 6.58 Å². The van der Waals surface area contributed by atoms with Gasteiger partial charge >= 0.3 is 0 Å². The van der Waals surface area contributed by atoms with Gasteiger partial charge in [0.2, 0.25) is 0 Å². The van der Waals surface area contributed by atoms with E-state index in [0.717, 1.165) is 0 Å². The molecule has 1 atom stereocenters. The van der Waals surface area contributed by atoms with Gasteiger partial charge in [-0.2, -0.15) is 8.42 Å². The van der Waals surface area contributed by atoms with E-state index in [1.807, 2.05) is 0 Å². The zero-order valence-corrected chi connectivity index (χ0v) is 11.1. The molecule has 0 aromatic heterocycles. The summed E-state index contributed by atoms with van der Waals surface area (Å²) in [6.45, 7) is 7.06. The van der Waals surface area contributed by atoms with Crippen LogP contribution >= 0.6 is 0 Å². The lowest BCUT2D eigenvalue weighted by Gasteiger charge is -2.12. The van der Waals surface area contributed by atoms with Gasteiger partial charge in [0.15, 0.2) is 6.29 Å². The first kappa shape index (κ1) is 14.7. The van der Waals surface area contributed by atoms with Crippen molar-refractivity contribution in [3.63, 3.8) is 0 Å². The molecular weight excluding hydrogens is 256 g/mol. The summed E-state index contributed by atoms with van der Waals surface area (Å²) in [6.07, 6.45) is 0.445. The third-order valence-corrected chi connectivity index (χ3v) is 3.37. The Kier molecular flexibility index (Phi) is 5.33. The van der Waals surface area contributed by atoms with Crippen molar-refractivity contribution in [2.24, 2.45) is 0 Å². The molecule has 0 radical (unpaired) electrons. The van der Waals surface area contributed by atoms with Crippen LogP contribution < -0.4 is 4.74 Å². The molecular formula is C12H16O5S. The van der Waals surface area contributed by atoms with E-state index in [9.17, 15) is 8.42 Å². The lowest BCUT2D eigenvalue weighted by molar-refractivity contribution is -0.0572. The fourth-order valence-corrected chi connectivity index (χ4v) is 2.27. The summed E-state index contributed by atoms with van der Waals surface area (Å²) in [7, 11) is -3.82. The van der Waals surface area contributed by atoms with Gasteiger partial charge in [-0.1, -0.05) is 6.58 Å². The Hall–Kier alpha value is -1.37. The molecule has 0 amide bonds. The summed E-state index contributed by atoms with van der Waals surface area (Å²) < 4.78 is 38.5. The van der Waals surface area contributed by atoms with Crippen LogP contribution in [0.15, 0.2) is 42.0 Å². The molecule has 0 saturated carbocycles. The predicted octanol–water partition coefficient (Wildman–Crippen LogP) is 2.30. The van der Waals surface area contributed by atoms with Crippen LogP contribution in [0.3, 0.4) is 0 Å². The van der Waals surface area contributed by atoms with Crippen molar-refractivity contribution in [3.05, 3.63) is 37.1 Å². The highest BCUT2D eigenvalue weighted by Crippen LogP contribution is 2.19. The molecule has 0 heterocycles. The highest BCUT2D eigenvalue weighted by molar-refractivity contribution is 7.86. The third-order valence-electron chi connectivity index (χ3n) is 2.00. The molecule has 0 aliphatic rings. The topological polar surface area (TPSA) is 61.8 Å². The van der Waals surface area contributed by atoms with Gasteiger partial charge in [0, 0.05) is 6.61 Å². The summed E-state index contributed by atoms with van der Waals surface area (Å²) in [5, 5.41) is 0. The third kappa shape index (κ3) is 4.14. The van der Waals surface area contributed by atoms with Crippen molar-refractivity contribution in [3.8, 4) is 5.75 Å². The first-order chi connectivity index (χ1) is 8.49. The predicted molar refractivity (Wildman–Crippen MR) is 66.6 cm³/mol. The van der Waals surface area contributed by atoms with Crippen molar-refractivity contribution in [2.75, 3.05) is 6.61 Å². The maximum absolute atomic E-state index is 11.8. The first-order valence-corrected chi connectivity index (χ1v) is 6.83. The summed E-state index contributed by atoms with van der Waals surface area (Å²) >= 11 is 0. The Labute approximate surface area is 107 Å². The van der Waals surface area contributed by atoms with E-state index in [0.29, 0.717) is 12.4 Å². The lowest BCUT2D eigenvalue weighted by atomic mass is 10.3. The molecule has 100 valence electrons. The molecule has 0 N–H and O–H groups in total. The van der Waals surface area contributed by atoms with Crippen molar-refractivity contribution in [1.82, 2.24) is 0 Å². The van der Waals surface area contributed by atoms with Gasteiger partial charge < -0.3 is 9.47 Å². The summed E-state index contributed by atoms with van der Waals surface area (Å²) in [5.74, 6) is 0.502. The van der Waals surface area contributed by atoms with Crippen LogP contribution in [0.1, 0.15) is 13.8 Å². The van der Waals surface area contributed by atoms with Crippen molar-refractivity contribution >= 4 is 10.1 Å². The molecule has 1 unspecified atom stereocenters. The van der Waals surface area contributed by atoms with Crippen LogP contribution in [0.4, 0.5) is 0 Å². The van der Waals surface area contributed by atoms with Crippen LogP contribution in [-0.2, 0) is 19.0 Å². The quantitative estimate of drug-likeness (QED) is 0.433. The maximum atomic E-state index is 11.8. The van der Waals surface area contributed by atoms with Crippen LogP contribution in [0.2, 0.25) is 0 Å². The molecule has 6 heteroatoms.